The van der Waals surface area contributed by atoms with Crippen LogP contribution in [-0.4, -0.2) is 18.4 Å². The Hall–Kier alpha value is -1.06. The van der Waals surface area contributed by atoms with Gasteiger partial charge in [-0.05, 0) is 19.3 Å². The monoisotopic (exact) mass is 567 g/mol. The third-order valence-corrected chi connectivity index (χ3v) is 7.89. The molecule has 0 atom stereocenters. The van der Waals surface area contributed by atoms with E-state index in [1.807, 2.05) is 0 Å². The molecule has 0 radical (unpaired) electrons. The first-order chi connectivity index (χ1) is 19.6. The van der Waals surface area contributed by atoms with Gasteiger partial charge in [-0.2, -0.15) is 0 Å². The van der Waals surface area contributed by atoms with Gasteiger partial charge in [0.15, 0.2) is 0 Å². The van der Waals surface area contributed by atoms with E-state index in [1.54, 1.807) is 0 Å². The number of carbonyl (C=O) groups excluding carboxylic acids is 2. The van der Waals surface area contributed by atoms with Gasteiger partial charge < -0.3 is 11.1 Å². The van der Waals surface area contributed by atoms with E-state index < -0.39 is 0 Å². The quantitative estimate of drug-likeness (QED) is 0.0819. The summed E-state index contributed by atoms with van der Waals surface area (Å²) in [7, 11) is 0. The molecule has 0 rings (SSSR count). The Kier molecular flexibility index (Phi) is 39.0. The van der Waals surface area contributed by atoms with Crippen LogP contribution >= 0.6 is 0 Å². The molecule has 0 aliphatic carbocycles. The molecule has 0 fully saturated rings. The summed E-state index contributed by atoms with van der Waals surface area (Å²) < 4.78 is 0. The number of hydrogen-bond donors (Lipinski definition) is 2. The zero-order chi connectivity index (χ0) is 29.8. The highest BCUT2D eigenvalue weighted by atomic mass is 16.1. The van der Waals surface area contributed by atoms with Gasteiger partial charge in [-0.3, -0.25) is 9.59 Å². The van der Waals surface area contributed by atoms with Gasteiger partial charge in [-0.25, -0.2) is 0 Å². The zero-order valence-corrected chi connectivity index (χ0v) is 27.8. The zero-order valence-electron chi connectivity index (χ0n) is 27.8. The Morgan fingerprint density at radius 1 is 0.400 bits per heavy atom. The number of hydrogen-bond acceptors (Lipinski definition) is 2. The van der Waals surface area contributed by atoms with Crippen molar-refractivity contribution in [2.75, 3.05) is 6.54 Å². The van der Waals surface area contributed by atoms with Crippen molar-refractivity contribution in [1.29, 1.82) is 0 Å². The van der Waals surface area contributed by atoms with Gasteiger partial charge in [0.25, 0.3) is 0 Å². The fraction of sp³-hybridized carbons (Fsp3) is 0.944. The molecule has 0 aliphatic heterocycles. The molecule has 3 N–H and O–H groups in total. The Labute approximate surface area is 252 Å². The molecule has 40 heavy (non-hydrogen) atoms. The lowest BCUT2D eigenvalue weighted by Gasteiger charge is -2.05. The maximum atomic E-state index is 11.6. The summed E-state index contributed by atoms with van der Waals surface area (Å²) in [5, 5.41) is 3.04. The maximum Gasteiger partial charge on any atom is 0.219 e. The first-order valence-electron chi connectivity index (χ1n) is 18.1. The molecule has 0 unspecified atom stereocenters. The second-order valence-electron chi connectivity index (χ2n) is 12.2. The molecule has 4 heteroatoms. The van der Waals surface area contributed by atoms with Gasteiger partial charge in [0.1, 0.15) is 0 Å². The highest BCUT2D eigenvalue weighted by Crippen LogP contribution is 2.13. The predicted octanol–water partition coefficient (Wildman–Crippen LogP) is 11.3. The number of amides is 2. The van der Waals surface area contributed by atoms with Crippen LogP contribution in [0.25, 0.3) is 0 Å². The molecular weight excluding hydrogens is 492 g/mol. The minimum absolute atomic E-state index is 0.155. The molecule has 0 heterocycles. The Morgan fingerprint density at radius 2 is 0.675 bits per heavy atom. The van der Waals surface area contributed by atoms with Crippen LogP contribution in [0.4, 0.5) is 0 Å². The molecular formula is C36H74N2O2. The molecule has 0 aromatic carbocycles. The van der Waals surface area contributed by atoms with E-state index >= 15 is 0 Å². The normalized spacial score (nSPS) is 10.8. The molecule has 4 nitrogen and oxygen atoms in total. The molecule has 0 saturated carbocycles. The summed E-state index contributed by atoms with van der Waals surface area (Å²) in [5.41, 5.74) is 5.09. The number of rotatable bonds is 31. The Balaban J connectivity index is 0. The topological polar surface area (TPSA) is 72.2 Å². The summed E-state index contributed by atoms with van der Waals surface area (Å²) in [5.74, 6) is 0.102. The molecule has 2 amide bonds. The van der Waals surface area contributed by atoms with E-state index in [0.717, 1.165) is 32.2 Å². The van der Waals surface area contributed by atoms with Crippen LogP contribution in [-0.2, 0) is 9.59 Å². The number of nitrogens with two attached hydrogens (primary N) is 1. The van der Waals surface area contributed by atoms with Crippen molar-refractivity contribution in [3.63, 3.8) is 0 Å². The van der Waals surface area contributed by atoms with E-state index in [1.165, 1.54) is 161 Å². The lowest BCUT2D eigenvalue weighted by atomic mass is 10.0. The standard InChI is InChI=1S/C20H41NO.C16H33NO/c1-3-5-7-9-10-11-12-13-14-15-16-18-20(22)21-19-17-8-6-4-2;1-2-3-4-5-6-7-8-9-10-11-12-13-14-15-16(17)18/h3-19H2,1-2H3,(H,21,22);2-15H2,1H3,(H2,17,18). The minimum atomic E-state index is -0.155. The van der Waals surface area contributed by atoms with Crippen molar-refractivity contribution in [2.24, 2.45) is 5.73 Å². The highest BCUT2D eigenvalue weighted by molar-refractivity contribution is 5.75. The van der Waals surface area contributed by atoms with Gasteiger partial charge in [-0.1, -0.05) is 181 Å². The molecule has 240 valence electrons. The van der Waals surface area contributed by atoms with Crippen LogP contribution < -0.4 is 11.1 Å². The average Bonchev–Trinajstić information content (AvgIpc) is 2.94. The molecule has 0 aromatic rings. The molecule has 0 saturated heterocycles. The second kappa shape index (κ2) is 37.9. The summed E-state index contributed by atoms with van der Waals surface area (Å²) in [6.07, 6.45) is 38.3. The lowest BCUT2D eigenvalue weighted by molar-refractivity contribution is -0.121. The van der Waals surface area contributed by atoms with Gasteiger partial charge >= 0.3 is 0 Å². The van der Waals surface area contributed by atoms with Gasteiger partial charge in [0.2, 0.25) is 11.8 Å². The Bertz CT molecular complexity index is 495. The summed E-state index contributed by atoms with van der Waals surface area (Å²) in [6.45, 7) is 7.62. The Morgan fingerprint density at radius 3 is 1.00 bits per heavy atom. The van der Waals surface area contributed by atoms with E-state index in [-0.39, 0.29) is 11.8 Å². The number of carbonyl (C=O) groups is 2. The molecule has 0 spiro atoms. The lowest BCUT2D eigenvalue weighted by Crippen LogP contribution is -2.23. The van der Waals surface area contributed by atoms with Crippen LogP contribution in [0.3, 0.4) is 0 Å². The van der Waals surface area contributed by atoms with E-state index in [9.17, 15) is 9.59 Å². The number of unbranched alkanes of at least 4 members (excludes halogenated alkanes) is 25. The van der Waals surface area contributed by atoms with E-state index in [4.69, 9.17) is 5.73 Å². The second-order valence-corrected chi connectivity index (χ2v) is 12.2. The van der Waals surface area contributed by atoms with Crippen molar-refractivity contribution in [2.45, 2.75) is 213 Å². The molecule has 0 aliphatic rings. The fourth-order valence-corrected chi connectivity index (χ4v) is 5.13. The van der Waals surface area contributed by atoms with Crippen LogP contribution in [0, 0.1) is 0 Å². The highest BCUT2D eigenvalue weighted by Gasteiger charge is 2.00. The van der Waals surface area contributed by atoms with Crippen LogP contribution in [0.1, 0.15) is 213 Å². The summed E-state index contributed by atoms with van der Waals surface area (Å²) in [4.78, 5) is 22.1. The van der Waals surface area contributed by atoms with Crippen molar-refractivity contribution < 1.29 is 9.59 Å². The van der Waals surface area contributed by atoms with Gasteiger partial charge in [-0.15, -0.1) is 0 Å². The number of nitrogens with one attached hydrogen (secondary N) is 1. The van der Waals surface area contributed by atoms with Crippen molar-refractivity contribution in [3.05, 3.63) is 0 Å². The molecule has 0 bridgehead atoms. The first-order valence-corrected chi connectivity index (χ1v) is 18.1. The van der Waals surface area contributed by atoms with E-state index in [2.05, 4.69) is 26.1 Å². The van der Waals surface area contributed by atoms with Crippen molar-refractivity contribution in [1.82, 2.24) is 5.32 Å². The largest absolute Gasteiger partial charge is 0.370 e. The van der Waals surface area contributed by atoms with Crippen LogP contribution in [0.2, 0.25) is 0 Å². The van der Waals surface area contributed by atoms with Crippen LogP contribution in [0.15, 0.2) is 0 Å². The minimum Gasteiger partial charge on any atom is -0.370 e. The predicted molar refractivity (Wildman–Crippen MR) is 178 cm³/mol. The van der Waals surface area contributed by atoms with Gasteiger partial charge in [0.05, 0.1) is 0 Å². The SMILES string of the molecule is CCCCCCCCCCCCCC(=O)NCCCCCC.CCCCCCCCCCCCCCCC(N)=O. The third-order valence-electron chi connectivity index (χ3n) is 7.89. The smallest absolute Gasteiger partial charge is 0.219 e. The third kappa shape index (κ3) is 41.4. The van der Waals surface area contributed by atoms with Crippen LogP contribution in [0.5, 0.6) is 0 Å². The number of primary amides is 1. The first kappa shape index (κ1) is 41.1. The molecule has 0 aromatic heterocycles. The summed E-state index contributed by atoms with van der Waals surface area (Å²) in [6, 6.07) is 0. The summed E-state index contributed by atoms with van der Waals surface area (Å²) >= 11 is 0. The fourth-order valence-electron chi connectivity index (χ4n) is 5.13. The van der Waals surface area contributed by atoms with Crippen molar-refractivity contribution in [3.8, 4) is 0 Å². The average molecular weight is 567 g/mol. The maximum absolute atomic E-state index is 11.6. The van der Waals surface area contributed by atoms with Gasteiger partial charge in [0, 0.05) is 19.4 Å². The van der Waals surface area contributed by atoms with Crippen molar-refractivity contribution >= 4 is 11.8 Å². The van der Waals surface area contributed by atoms with E-state index in [0.29, 0.717) is 6.42 Å².